The van der Waals surface area contributed by atoms with Crippen LogP contribution in [0.5, 0.6) is 0 Å². The van der Waals surface area contributed by atoms with Gasteiger partial charge in [0.1, 0.15) is 0 Å². The summed E-state index contributed by atoms with van der Waals surface area (Å²) in [5, 5.41) is 16.0. The highest BCUT2D eigenvalue weighted by molar-refractivity contribution is 7.90. The van der Waals surface area contributed by atoms with E-state index in [1.165, 1.54) is 12.1 Å². The molecule has 0 saturated heterocycles. The molecule has 8 nitrogen and oxygen atoms in total. The summed E-state index contributed by atoms with van der Waals surface area (Å²) in [6.07, 6.45) is 7.07. The van der Waals surface area contributed by atoms with E-state index in [1.54, 1.807) is 16.9 Å². The summed E-state index contributed by atoms with van der Waals surface area (Å²) < 4.78 is 25.3. The van der Waals surface area contributed by atoms with Crippen molar-refractivity contribution in [2.24, 2.45) is 0 Å². The Morgan fingerprint density at radius 3 is 2.54 bits per heavy atom. The van der Waals surface area contributed by atoms with Crippen LogP contribution in [0.4, 0.5) is 5.69 Å². The van der Waals surface area contributed by atoms with Gasteiger partial charge in [-0.2, -0.15) is 5.10 Å². The number of amides is 1. The SMILES string of the molecule is CS(=O)(=O)c1cc(NC(=O)c2ccn(C3CCCC3)n2)cc(C(=O)O)c1. The molecule has 0 aliphatic heterocycles. The largest absolute Gasteiger partial charge is 0.478 e. The van der Waals surface area contributed by atoms with Gasteiger partial charge in [-0.25, -0.2) is 13.2 Å². The Kier molecular flexibility index (Phi) is 4.82. The van der Waals surface area contributed by atoms with Crippen LogP contribution in [0.15, 0.2) is 35.4 Å². The average Bonchev–Trinajstić information content (AvgIpc) is 3.25. The van der Waals surface area contributed by atoms with Crippen molar-refractivity contribution in [3.05, 3.63) is 41.7 Å². The molecule has 2 N–H and O–H groups in total. The third-order valence-corrected chi connectivity index (χ3v) is 5.47. The summed E-state index contributed by atoms with van der Waals surface area (Å²) in [5.74, 6) is -1.81. The van der Waals surface area contributed by atoms with Gasteiger partial charge in [-0.05, 0) is 37.1 Å². The van der Waals surface area contributed by atoms with Crippen molar-refractivity contribution in [3.8, 4) is 0 Å². The molecule has 1 aliphatic rings. The number of nitrogens with one attached hydrogen (secondary N) is 1. The molecule has 0 bridgehead atoms. The molecule has 0 atom stereocenters. The second-order valence-corrected chi connectivity index (χ2v) is 8.41. The van der Waals surface area contributed by atoms with Gasteiger partial charge in [-0.1, -0.05) is 12.8 Å². The van der Waals surface area contributed by atoms with Gasteiger partial charge in [-0.15, -0.1) is 0 Å². The number of rotatable bonds is 5. The standard InChI is InChI=1S/C17H19N3O5S/c1-26(24,25)14-9-11(17(22)23)8-12(10-14)18-16(21)15-6-7-20(19-15)13-4-2-3-5-13/h6-10,13H,2-5H2,1H3,(H,18,21)(H,22,23). The Labute approximate surface area is 150 Å². The van der Waals surface area contributed by atoms with Crippen molar-refractivity contribution in [2.45, 2.75) is 36.6 Å². The summed E-state index contributed by atoms with van der Waals surface area (Å²) in [5.41, 5.74) is 0.0592. The van der Waals surface area contributed by atoms with Crippen LogP contribution in [0.3, 0.4) is 0 Å². The smallest absolute Gasteiger partial charge is 0.335 e. The van der Waals surface area contributed by atoms with Crippen molar-refractivity contribution in [1.29, 1.82) is 0 Å². The van der Waals surface area contributed by atoms with Crippen LogP contribution in [0.2, 0.25) is 0 Å². The summed E-state index contributed by atoms with van der Waals surface area (Å²) in [6, 6.07) is 5.38. The summed E-state index contributed by atoms with van der Waals surface area (Å²) in [6.45, 7) is 0. The fourth-order valence-electron chi connectivity index (χ4n) is 3.04. The van der Waals surface area contributed by atoms with Crippen LogP contribution in [-0.2, 0) is 9.84 Å². The zero-order valence-corrected chi connectivity index (χ0v) is 15.0. The molecular weight excluding hydrogens is 358 g/mol. The lowest BCUT2D eigenvalue weighted by Crippen LogP contribution is -2.15. The number of anilines is 1. The number of benzene rings is 1. The van der Waals surface area contributed by atoms with Crippen LogP contribution in [0, 0.1) is 0 Å². The number of carbonyl (C=O) groups excluding carboxylic acids is 1. The van der Waals surface area contributed by atoms with Gasteiger partial charge < -0.3 is 10.4 Å². The van der Waals surface area contributed by atoms with E-state index in [1.807, 2.05) is 0 Å². The monoisotopic (exact) mass is 377 g/mol. The zero-order valence-electron chi connectivity index (χ0n) is 14.2. The van der Waals surface area contributed by atoms with Gasteiger partial charge in [0.25, 0.3) is 5.91 Å². The molecule has 9 heteroatoms. The number of hydrogen-bond donors (Lipinski definition) is 2. The average molecular weight is 377 g/mol. The van der Waals surface area contributed by atoms with Crippen LogP contribution in [-0.4, -0.2) is 41.4 Å². The first-order chi connectivity index (χ1) is 12.2. The van der Waals surface area contributed by atoms with Gasteiger partial charge in [-0.3, -0.25) is 9.48 Å². The lowest BCUT2D eigenvalue weighted by molar-refractivity contribution is 0.0696. The Morgan fingerprint density at radius 2 is 1.92 bits per heavy atom. The van der Waals surface area contributed by atoms with E-state index in [-0.39, 0.29) is 21.8 Å². The van der Waals surface area contributed by atoms with Crippen molar-refractivity contribution < 1.29 is 23.1 Å². The minimum absolute atomic E-state index is 0.0886. The van der Waals surface area contributed by atoms with Crippen molar-refractivity contribution >= 4 is 27.4 Å². The van der Waals surface area contributed by atoms with Crippen LogP contribution in [0.1, 0.15) is 52.6 Å². The molecule has 1 fully saturated rings. The van der Waals surface area contributed by atoms with Crippen molar-refractivity contribution in [2.75, 3.05) is 11.6 Å². The highest BCUT2D eigenvalue weighted by Gasteiger charge is 2.20. The molecule has 1 saturated carbocycles. The molecule has 1 aromatic heterocycles. The highest BCUT2D eigenvalue weighted by atomic mass is 32.2. The van der Waals surface area contributed by atoms with Gasteiger partial charge in [0.2, 0.25) is 0 Å². The van der Waals surface area contributed by atoms with E-state index in [0.717, 1.165) is 38.0 Å². The number of hydrogen-bond acceptors (Lipinski definition) is 5. The molecule has 26 heavy (non-hydrogen) atoms. The predicted molar refractivity (Wildman–Crippen MR) is 94.2 cm³/mol. The number of carboxylic acids is 1. The number of sulfone groups is 1. The minimum Gasteiger partial charge on any atom is -0.478 e. The number of carbonyl (C=O) groups is 2. The van der Waals surface area contributed by atoms with Gasteiger partial charge in [0.15, 0.2) is 15.5 Å². The quantitative estimate of drug-likeness (QED) is 0.826. The van der Waals surface area contributed by atoms with Gasteiger partial charge >= 0.3 is 5.97 Å². The first-order valence-electron chi connectivity index (χ1n) is 8.19. The number of nitrogens with zero attached hydrogens (tertiary/aromatic N) is 2. The molecule has 1 aromatic carbocycles. The first kappa shape index (κ1) is 18.1. The fourth-order valence-corrected chi connectivity index (χ4v) is 3.72. The minimum atomic E-state index is -3.62. The zero-order chi connectivity index (χ0) is 18.9. The molecule has 3 rings (SSSR count). The summed E-state index contributed by atoms with van der Waals surface area (Å²) in [4.78, 5) is 23.4. The van der Waals surface area contributed by atoms with E-state index < -0.39 is 21.7 Å². The number of carboxylic acid groups (broad SMARTS) is 1. The molecule has 2 aromatic rings. The maximum absolute atomic E-state index is 12.4. The highest BCUT2D eigenvalue weighted by Crippen LogP contribution is 2.28. The van der Waals surface area contributed by atoms with E-state index in [9.17, 15) is 18.0 Å². The number of aromatic nitrogens is 2. The second kappa shape index (κ2) is 6.91. The maximum Gasteiger partial charge on any atom is 0.335 e. The molecule has 0 unspecified atom stereocenters. The maximum atomic E-state index is 12.4. The topological polar surface area (TPSA) is 118 Å². The lowest BCUT2D eigenvalue weighted by Gasteiger charge is -2.09. The van der Waals surface area contributed by atoms with E-state index in [0.29, 0.717) is 6.04 Å². The van der Waals surface area contributed by atoms with Crippen molar-refractivity contribution in [3.63, 3.8) is 0 Å². The third kappa shape index (κ3) is 3.93. The van der Waals surface area contributed by atoms with E-state index in [2.05, 4.69) is 10.4 Å². The Hall–Kier alpha value is -2.68. The molecule has 0 radical (unpaired) electrons. The fraction of sp³-hybridized carbons (Fsp3) is 0.353. The third-order valence-electron chi connectivity index (χ3n) is 4.38. The Morgan fingerprint density at radius 1 is 1.23 bits per heavy atom. The molecular formula is C17H19N3O5S. The van der Waals surface area contributed by atoms with Crippen LogP contribution >= 0.6 is 0 Å². The summed E-state index contributed by atoms with van der Waals surface area (Å²) in [7, 11) is -3.62. The summed E-state index contributed by atoms with van der Waals surface area (Å²) >= 11 is 0. The predicted octanol–water partition coefficient (Wildman–Crippen LogP) is 2.35. The van der Waals surface area contributed by atoms with E-state index in [4.69, 9.17) is 5.11 Å². The lowest BCUT2D eigenvalue weighted by atomic mass is 10.2. The van der Waals surface area contributed by atoms with E-state index >= 15 is 0 Å². The van der Waals surface area contributed by atoms with Crippen LogP contribution < -0.4 is 5.32 Å². The molecule has 0 spiro atoms. The first-order valence-corrected chi connectivity index (χ1v) is 10.1. The number of aromatic carboxylic acids is 1. The second-order valence-electron chi connectivity index (χ2n) is 6.40. The van der Waals surface area contributed by atoms with Crippen LogP contribution in [0.25, 0.3) is 0 Å². The van der Waals surface area contributed by atoms with Crippen molar-refractivity contribution in [1.82, 2.24) is 9.78 Å². The van der Waals surface area contributed by atoms with Gasteiger partial charge in [0, 0.05) is 18.1 Å². The Balaban J connectivity index is 1.84. The molecule has 1 heterocycles. The molecule has 1 aliphatic carbocycles. The normalized spacial score (nSPS) is 15.1. The molecule has 138 valence electrons. The molecule has 1 amide bonds. The van der Waals surface area contributed by atoms with Gasteiger partial charge in [0.05, 0.1) is 16.5 Å². The Bertz CT molecular complexity index is 959.